The maximum Gasteiger partial charge on any atom is 0.182 e. The van der Waals surface area contributed by atoms with Crippen molar-refractivity contribution < 1.29 is 20.1 Å². The summed E-state index contributed by atoms with van der Waals surface area (Å²) in [6, 6.07) is 0. The van der Waals surface area contributed by atoms with Crippen molar-refractivity contribution in [2.24, 2.45) is 0 Å². The van der Waals surface area contributed by atoms with E-state index in [9.17, 15) is 10.2 Å². The number of ether oxygens (including phenoxy) is 1. The van der Waals surface area contributed by atoms with Crippen LogP contribution in [0.25, 0.3) is 11.2 Å². The Morgan fingerprint density at radius 3 is 2.74 bits per heavy atom. The minimum Gasteiger partial charge on any atom is -0.394 e. The van der Waals surface area contributed by atoms with E-state index in [1.165, 1.54) is 6.33 Å². The third kappa shape index (κ3) is 1.97. The Morgan fingerprint density at radius 1 is 1.32 bits per heavy atom. The van der Waals surface area contributed by atoms with Crippen molar-refractivity contribution in [3.8, 4) is 0 Å². The van der Waals surface area contributed by atoms with Crippen molar-refractivity contribution in [1.82, 2.24) is 19.9 Å². The van der Waals surface area contributed by atoms with E-state index < -0.39 is 31.0 Å². The molecule has 102 valence electrons. The molecule has 3 rings (SSSR count). The Hall–Kier alpha value is -1.32. The van der Waals surface area contributed by atoms with Gasteiger partial charge in [0.15, 0.2) is 10.8 Å². The normalized spacial score (nSPS) is 31.2. The molecule has 0 spiro atoms. The first-order valence-corrected chi connectivity index (χ1v) is 5.98. The van der Waals surface area contributed by atoms with E-state index in [1.54, 1.807) is 0 Å². The zero-order valence-electron chi connectivity index (χ0n) is 9.56. The Bertz CT molecular complexity index is 606. The average Bonchev–Trinajstić information content (AvgIpc) is 2.94. The van der Waals surface area contributed by atoms with Gasteiger partial charge in [0.05, 0.1) is 6.61 Å². The Balaban J connectivity index is 1.99. The number of hydrogen-bond acceptors (Lipinski definition) is 7. The number of H-pyrrole nitrogens is 1. The molecule has 2 aromatic rings. The van der Waals surface area contributed by atoms with E-state index in [4.69, 9.17) is 21.4 Å². The Kier molecular flexibility index (Phi) is 3.11. The summed E-state index contributed by atoms with van der Waals surface area (Å²) >= 11 is 5.88. The molecule has 1 aliphatic rings. The van der Waals surface area contributed by atoms with Crippen LogP contribution in [0, 0.1) is 0 Å². The summed E-state index contributed by atoms with van der Waals surface area (Å²) in [7, 11) is 0. The van der Waals surface area contributed by atoms with Crippen molar-refractivity contribution in [3.63, 3.8) is 0 Å². The number of halogens is 1. The molecule has 0 bridgehead atoms. The first kappa shape index (κ1) is 12.7. The second-order valence-electron chi connectivity index (χ2n) is 4.24. The molecule has 19 heavy (non-hydrogen) atoms. The zero-order chi connectivity index (χ0) is 13.6. The van der Waals surface area contributed by atoms with Crippen molar-refractivity contribution >= 4 is 22.8 Å². The quantitative estimate of drug-likeness (QED) is 0.531. The number of aliphatic hydroxyl groups is 3. The largest absolute Gasteiger partial charge is 0.394 e. The third-order valence-electron chi connectivity index (χ3n) is 3.07. The maximum absolute atomic E-state index is 9.89. The number of nitrogens with zero attached hydrogens (tertiary/aromatic N) is 3. The van der Waals surface area contributed by atoms with Gasteiger partial charge in [-0.1, -0.05) is 11.6 Å². The smallest absolute Gasteiger partial charge is 0.182 e. The summed E-state index contributed by atoms with van der Waals surface area (Å²) < 4.78 is 5.36. The van der Waals surface area contributed by atoms with E-state index in [0.29, 0.717) is 11.2 Å². The third-order valence-corrected chi connectivity index (χ3v) is 3.36. The number of nitrogens with one attached hydrogen (secondary N) is 1. The highest BCUT2D eigenvalue weighted by atomic mass is 35.5. The lowest BCUT2D eigenvalue weighted by Gasteiger charge is -2.11. The summed E-state index contributed by atoms with van der Waals surface area (Å²) in [4.78, 5) is 14.7. The van der Waals surface area contributed by atoms with Gasteiger partial charge < -0.3 is 25.0 Å². The summed E-state index contributed by atoms with van der Waals surface area (Å²) in [5.41, 5.74) is 0.768. The van der Waals surface area contributed by atoms with E-state index in [1.807, 2.05) is 0 Å². The number of aromatic nitrogens is 4. The van der Waals surface area contributed by atoms with Crippen LogP contribution in [0.15, 0.2) is 6.33 Å². The lowest BCUT2D eigenvalue weighted by molar-refractivity contribution is -0.0249. The highest BCUT2D eigenvalue weighted by molar-refractivity contribution is 6.33. The predicted octanol–water partition coefficient (Wildman–Crippen LogP) is -0.840. The zero-order valence-corrected chi connectivity index (χ0v) is 10.3. The number of aliphatic hydroxyl groups excluding tert-OH is 3. The SMILES string of the molecule is OC[C@H]1O[C@@H](c2nc3ncnc(Cl)c3[nH]2)[C@H](O)[C@@H]1O. The Morgan fingerprint density at radius 2 is 2.11 bits per heavy atom. The van der Waals surface area contributed by atoms with Crippen LogP contribution < -0.4 is 0 Å². The van der Waals surface area contributed by atoms with Gasteiger partial charge in [0, 0.05) is 0 Å². The highest BCUT2D eigenvalue weighted by Crippen LogP contribution is 2.33. The molecular formula is C10H11ClN4O4. The molecule has 0 saturated carbocycles. The van der Waals surface area contributed by atoms with Crippen molar-refractivity contribution in [2.45, 2.75) is 24.4 Å². The number of hydrogen-bond donors (Lipinski definition) is 4. The molecule has 1 fully saturated rings. The van der Waals surface area contributed by atoms with E-state index in [2.05, 4.69) is 19.9 Å². The second-order valence-corrected chi connectivity index (χ2v) is 4.60. The molecule has 2 aromatic heterocycles. The first-order valence-electron chi connectivity index (χ1n) is 5.60. The number of imidazole rings is 1. The van der Waals surface area contributed by atoms with Gasteiger partial charge in [-0.15, -0.1) is 0 Å². The van der Waals surface area contributed by atoms with Crippen LogP contribution in [0.3, 0.4) is 0 Å². The van der Waals surface area contributed by atoms with Crippen LogP contribution in [0.1, 0.15) is 11.9 Å². The molecule has 0 aromatic carbocycles. The number of fused-ring (bicyclic) bond motifs is 1. The van der Waals surface area contributed by atoms with Gasteiger partial charge >= 0.3 is 0 Å². The van der Waals surface area contributed by atoms with Gasteiger partial charge in [-0.05, 0) is 0 Å². The second kappa shape index (κ2) is 4.66. The van der Waals surface area contributed by atoms with E-state index >= 15 is 0 Å². The molecular weight excluding hydrogens is 276 g/mol. The summed E-state index contributed by atoms with van der Waals surface area (Å²) in [5, 5.41) is 28.8. The lowest BCUT2D eigenvalue weighted by atomic mass is 10.1. The van der Waals surface area contributed by atoms with Crippen LogP contribution in [0.2, 0.25) is 5.15 Å². The molecule has 0 unspecified atom stereocenters. The van der Waals surface area contributed by atoms with Gasteiger partial charge in [0.25, 0.3) is 0 Å². The molecule has 4 atom stereocenters. The van der Waals surface area contributed by atoms with Gasteiger partial charge in [-0.3, -0.25) is 0 Å². The molecule has 9 heteroatoms. The van der Waals surface area contributed by atoms with E-state index in [-0.39, 0.29) is 11.0 Å². The predicted molar refractivity (Wildman–Crippen MR) is 63.4 cm³/mol. The van der Waals surface area contributed by atoms with Crippen molar-refractivity contribution in [1.29, 1.82) is 0 Å². The monoisotopic (exact) mass is 286 g/mol. The molecule has 0 amide bonds. The molecule has 3 heterocycles. The highest BCUT2D eigenvalue weighted by Gasteiger charge is 2.44. The van der Waals surface area contributed by atoms with Crippen LogP contribution in [-0.4, -0.2) is 60.2 Å². The minimum atomic E-state index is -1.19. The van der Waals surface area contributed by atoms with Crippen molar-refractivity contribution in [2.75, 3.05) is 6.61 Å². The minimum absolute atomic E-state index is 0.204. The van der Waals surface area contributed by atoms with Gasteiger partial charge in [0.1, 0.15) is 42.1 Å². The van der Waals surface area contributed by atoms with Crippen molar-refractivity contribution in [3.05, 3.63) is 17.3 Å². The molecule has 4 N–H and O–H groups in total. The van der Waals surface area contributed by atoms with Crippen LogP contribution in [-0.2, 0) is 4.74 Å². The first-order chi connectivity index (χ1) is 9.11. The molecule has 8 nitrogen and oxygen atoms in total. The molecule has 1 saturated heterocycles. The topological polar surface area (TPSA) is 124 Å². The fraction of sp³-hybridized carbons (Fsp3) is 0.500. The standard InChI is InChI=1S/C10H11ClN4O4/c11-8-4-9(13-2-12-8)15-10(14-4)7-6(18)5(17)3(1-16)19-7/h2-3,5-7,16-18H,1H2,(H,12,13,14,15)/t3-,5-,6-,7-/m1/s1. The fourth-order valence-electron chi connectivity index (χ4n) is 2.08. The molecule has 1 aliphatic heterocycles. The Labute approximate surface area is 112 Å². The number of aromatic amines is 1. The van der Waals surface area contributed by atoms with Gasteiger partial charge in [0.2, 0.25) is 0 Å². The average molecular weight is 287 g/mol. The lowest BCUT2D eigenvalue weighted by Crippen LogP contribution is -2.32. The maximum atomic E-state index is 9.89. The van der Waals surface area contributed by atoms with E-state index in [0.717, 1.165) is 0 Å². The van der Waals surface area contributed by atoms with Gasteiger partial charge in [-0.25, -0.2) is 15.0 Å². The van der Waals surface area contributed by atoms with Crippen LogP contribution in [0.4, 0.5) is 0 Å². The number of rotatable bonds is 2. The summed E-state index contributed by atoms with van der Waals surface area (Å²) in [6.07, 6.45) is -2.83. The summed E-state index contributed by atoms with van der Waals surface area (Å²) in [5.74, 6) is 0.278. The van der Waals surface area contributed by atoms with Crippen LogP contribution in [0.5, 0.6) is 0 Å². The van der Waals surface area contributed by atoms with Crippen LogP contribution >= 0.6 is 11.6 Å². The van der Waals surface area contributed by atoms with Gasteiger partial charge in [-0.2, -0.15) is 0 Å². The fourth-order valence-corrected chi connectivity index (χ4v) is 2.25. The molecule has 0 radical (unpaired) electrons. The molecule has 0 aliphatic carbocycles. The summed E-state index contributed by atoms with van der Waals surface area (Å²) in [6.45, 7) is -0.393.